The second kappa shape index (κ2) is 9.50. The summed E-state index contributed by atoms with van der Waals surface area (Å²) in [6, 6.07) is 20.0. The van der Waals surface area contributed by atoms with Gasteiger partial charge in [0.05, 0.1) is 23.3 Å². The molecule has 0 bridgehead atoms. The minimum atomic E-state index is -0.787. The second-order valence-electron chi connectivity index (χ2n) is 9.11. The highest BCUT2D eigenvalue weighted by atomic mass is 19.1. The summed E-state index contributed by atoms with van der Waals surface area (Å²) in [6.07, 6.45) is -0.558. The van der Waals surface area contributed by atoms with E-state index in [4.69, 9.17) is 9.72 Å². The summed E-state index contributed by atoms with van der Waals surface area (Å²) < 4.78 is 22.3. The number of hydrogen-bond donors (Lipinski definition) is 1. The van der Waals surface area contributed by atoms with Gasteiger partial charge < -0.3 is 19.3 Å². The predicted molar refractivity (Wildman–Crippen MR) is 133 cm³/mol. The van der Waals surface area contributed by atoms with Crippen LogP contribution >= 0.6 is 0 Å². The average molecular weight is 474 g/mol. The van der Waals surface area contributed by atoms with Gasteiger partial charge in [-0.15, -0.1) is 0 Å². The Morgan fingerprint density at radius 2 is 1.77 bits per heavy atom. The number of carbonyl (C=O) groups is 1. The largest absolute Gasteiger partial charge is 0.490 e. The van der Waals surface area contributed by atoms with Gasteiger partial charge in [-0.25, -0.2) is 9.37 Å². The number of carbonyl (C=O) groups excluding carboxylic acids is 1. The molecule has 1 aliphatic rings. The zero-order chi connectivity index (χ0) is 24.5. The molecule has 0 unspecified atom stereocenters. The van der Waals surface area contributed by atoms with Crippen molar-refractivity contribution in [1.29, 1.82) is 0 Å². The molecule has 0 spiro atoms. The Balaban J connectivity index is 1.40. The molecule has 1 aliphatic heterocycles. The maximum atomic E-state index is 14.4. The minimum absolute atomic E-state index is 0.128. The summed E-state index contributed by atoms with van der Waals surface area (Å²) in [6.45, 7) is 4.69. The van der Waals surface area contributed by atoms with Crippen molar-refractivity contribution >= 4 is 22.6 Å². The molecule has 6 nitrogen and oxygen atoms in total. The molecule has 1 saturated heterocycles. The Hall–Kier alpha value is -3.71. The first kappa shape index (κ1) is 23.1. The molecule has 1 amide bonds. The van der Waals surface area contributed by atoms with E-state index in [0.717, 1.165) is 27.9 Å². The van der Waals surface area contributed by atoms with Gasteiger partial charge >= 0.3 is 0 Å². The molecular weight excluding hydrogens is 445 g/mol. The number of hydrogen-bond acceptors (Lipinski definition) is 4. The molecule has 1 N–H and O–H groups in total. The lowest BCUT2D eigenvalue weighted by Crippen LogP contribution is -2.27. The SMILES string of the molecule is Cc1cccc(C)c1OC[C@@H](O)Cn1c([C@@H]2CC(=O)N(c3ccccc3F)C2)nc2ccccc21. The maximum Gasteiger partial charge on any atom is 0.227 e. The van der Waals surface area contributed by atoms with Crippen molar-refractivity contribution in [2.75, 3.05) is 18.1 Å². The fourth-order valence-corrected chi connectivity index (χ4v) is 4.85. The summed E-state index contributed by atoms with van der Waals surface area (Å²) in [5, 5.41) is 10.9. The number of para-hydroxylation sites is 4. The number of aliphatic hydroxyl groups excluding tert-OH is 1. The predicted octanol–water partition coefficient (Wildman–Crippen LogP) is 4.75. The Labute approximate surface area is 203 Å². The van der Waals surface area contributed by atoms with Crippen molar-refractivity contribution in [2.24, 2.45) is 0 Å². The van der Waals surface area contributed by atoms with Gasteiger partial charge in [0.1, 0.15) is 30.1 Å². The van der Waals surface area contributed by atoms with Crippen LogP contribution in [0.4, 0.5) is 10.1 Å². The van der Waals surface area contributed by atoms with Gasteiger partial charge in [0.25, 0.3) is 0 Å². The van der Waals surface area contributed by atoms with Crippen LogP contribution in [0.5, 0.6) is 5.75 Å². The molecular formula is C28H28FN3O3. The molecule has 7 heteroatoms. The lowest BCUT2D eigenvalue weighted by Gasteiger charge is -2.20. The number of anilines is 1. The first-order valence-corrected chi connectivity index (χ1v) is 11.8. The van der Waals surface area contributed by atoms with E-state index < -0.39 is 11.9 Å². The number of halogens is 1. The van der Waals surface area contributed by atoms with E-state index in [0.29, 0.717) is 12.4 Å². The molecule has 0 radical (unpaired) electrons. The van der Waals surface area contributed by atoms with E-state index in [1.807, 2.05) is 60.9 Å². The smallest absolute Gasteiger partial charge is 0.227 e. The van der Waals surface area contributed by atoms with Crippen molar-refractivity contribution in [2.45, 2.75) is 38.8 Å². The number of aryl methyl sites for hydroxylation is 2. The van der Waals surface area contributed by atoms with E-state index in [1.165, 1.54) is 11.0 Å². The molecule has 2 heterocycles. The maximum absolute atomic E-state index is 14.4. The fourth-order valence-electron chi connectivity index (χ4n) is 4.85. The fraction of sp³-hybridized carbons (Fsp3) is 0.286. The molecule has 4 aromatic rings. The van der Waals surface area contributed by atoms with Crippen LogP contribution in [0.1, 0.15) is 29.3 Å². The van der Waals surface area contributed by atoms with Crippen LogP contribution in [-0.2, 0) is 11.3 Å². The lowest BCUT2D eigenvalue weighted by molar-refractivity contribution is -0.117. The number of aliphatic hydroxyl groups is 1. The van der Waals surface area contributed by atoms with Crippen molar-refractivity contribution in [3.05, 3.63) is 89.5 Å². The van der Waals surface area contributed by atoms with Gasteiger partial charge in [-0.2, -0.15) is 0 Å². The minimum Gasteiger partial charge on any atom is -0.490 e. The first-order chi connectivity index (χ1) is 16.9. The summed E-state index contributed by atoms with van der Waals surface area (Å²) in [7, 11) is 0. The number of fused-ring (bicyclic) bond motifs is 1. The third kappa shape index (κ3) is 4.51. The molecule has 5 rings (SSSR count). The highest BCUT2D eigenvalue weighted by Gasteiger charge is 2.36. The monoisotopic (exact) mass is 473 g/mol. The number of rotatable bonds is 7. The van der Waals surface area contributed by atoms with Crippen molar-refractivity contribution < 1.29 is 19.0 Å². The Bertz CT molecular complexity index is 1360. The average Bonchev–Trinajstić information content (AvgIpc) is 3.39. The van der Waals surface area contributed by atoms with Crippen LogP contribution < -0.4 is 9.64 Å². The number of aromatic nitrogens is 2. The Morgan fingerprint density at radius 3 is 2.54 bits per heavy atom. The van der Waals surface area contributed by atoms with Crippen molar-refractivity contribution in [3.63, 3.8) is 0 Å². The first-order valence-electron chi connectivity index (χ1n) is 11.8. The van der Waals surface area contributed by atoms with Gasteiger partial charge in [-0.05, 0) is 49.2 Å². The van der Waals surface area contributed by atoms with Gasteiger partial charge in [0.2, 0.25) is 5.91 Å². The number of benzene rings is 3. The van der Waals surface area contributed by atoms with Crippen LogP contribution in [0.15, 0.2) is 66.7 Å². The molecule has 3 aromatic carbocycles. The zero-order valence-corrected chi connectivity index (χ0v) is 19.8. The Morgan fingerprint density at radius 1 is 1.06 bits per heavy atom. The number of imidazole rings is 1. The van der Waals surface area contributed by atoms with E-state index in [1.54, 1.807) is 18.2 Å². The highest BCUT2D eigenvalue weighted by molar-refractivity contribution is 5.96. The molecule has 35 heavy (non-hydrogen) atoms. The third-order valence-electron chi connectivity index (χ3n) is 6.54. The van der Waals surface area contributed by atoms with E-state index in [-0.39, 0.29) is 37.1 Å². The van der Waals surface area contributed by atoms with Crippen LogP contribution in [0.25, 0.3) is 11.0 Å². The molecule has 0 aliphatic carbocycles. The van der Waals surface area contributed by atoms with Gasteiger partial charge in [-0.3, -0.25) is 4.79 Å². The topological polar surface area (TPSA) is 67.6 Å². The van der Waals surface area contributed by atoms with E-state index in [2.05, 4.69) is 0 Å². The summed E-state index contributed by atoms with van der Waals surface area (Å²) in [5.41, 5.74) is 3.99. The molecule has 1 fully saturated rings. The summed E-state index contributed by atoms with van der Waals surface area (Å²) in [4.78, 5) is 19.1. The van der Waals surface area contributed by atoms with Crippen LogP contribution in [-0.4, -0.2) is 39.8 Å². The van der Waals surface area contributed by atoms with Gasteiger partial charge in [-0.1, -0.05) is 42.5 Å². The van der Waals surface area contributed by atoms with Crippen molar-refractivity contribution in [1.82, 2.24) is 9.55 Å². The molecule has 180 valence electrons. The van der Waals surface area contributed by atoms with Crippen LogP contribution in [0, 0.1) is 19.7 Å². The molecule has 1 aromatic heterocycles. The summed E-state index contributed by atoms with van der Waals surface area (Å²) >= 11 is 0. The molecule has 0 saturated carbocycles. The highest BCUT2D eigenvalue weighted by Crippen LogP contribution is 2.34. The van der Waals surface area contributed by atoms with Crippen LogP contribution in [0.2, 0.25) is 0 Å². The number of amides is 1. The second-order valence-corrected chi connectivity index (χ2v) is 9.11. The van der Waals surface area contributed by atoms with Crippen LogP contribution in [0.3, 0.4) is 0 Å². The summed E-state index contributed by atoms with van der Waals surface area (Å²) in [5.74, 6) is 0.710. The Kier molecular flexibility index (Phi) is 6.26. The normalized spacial score (nSPS) is 16.7. The third-order valence-corrected chi connectivity index (χ3v) is 6.54. The van der Waals surface area contributed by atoms with Crippen molar-refractivity contribution in [3.8, 4) is 5.75 Å². The lowest BCUT2D eigenvalue weighted by atomic mass is 10.1. The molecule has 2 atom stereocenters. The number of ether oxygens (including phenoxy) is 1. The standard InChI is InChI=1S/C28H28FN3O3/c1-18-8-7-9-19(2)27(18)35-17-21(33)16-32-25-13-6-4-11-23(25)30-28(32)20-14-26(34)31(15-20)24-12-5-3-10-22(24)29/h3-13,20-21,33H,14-17H2,1-2H3/t20-,21+/m1/s1. The quantitative estimate of drug-likeness (QED) is 0.421. The van der Waals surface area contributed by atoms with E-state index in [9.17, 15) is 14.3 Å². The van der Waals surface area contributed by atoms with E-state index >= 15 is 0 Å². The number of nitrogens with zero attached hydrogens (tertiary/aromatic N) is 3. The zero-order valence-electron chi connectivity index (χ0n) is 19.8. The van der Waals surface area contributed by atoms with Gasteiger partial charge in [0.15, 0.2) is 0 Å². The van der Waals surface area contributed by atoms with Gasteiger partial charge in [0, 0.05) is 18.9 Å².